The van der Waals surface area contributed by atoms with E-state index >= 15 is 0 Å². The molecule has 0 spiro atoms. The molecule has 202 valence electrons. The average Bonchev–Trinajstić information content (AvgIpc) is 3.28. The summed E-state index contributed by atoms with van der Waals surface area (Å²) in [6, 6.07) is 8.77. The van der Waals surface area contributed by atoms with Gasteiger partial charge in [-0.2, -0.15) is 4.98 Å². The van der Waals surface area contributed by atoms with E-state index in [1.165, 1.54) is 0 Å². The third-order valence-electron chi connectivity index (χ3n) is 7.40. The third-order valence-corrected chi connectivity index (χ3v) is 7.40. The smallest absolute Gasteiger partial charge is 0.229 e. The first-order chi connectivity index (χ1) is 18.0. The number of anilines is 4. The van der Waals surface area contributed by atoms with E-state index in [-0.39, 0.29) is 18.2 Å². The topological polar surface area (TPSA) is 83.1 Å². The summed E-state index contributed by atoms with van der Waals surface area (Å²) < 4.78 is 12.0. The molecule has 1 fully saturated rings. The van der Waals surface area contributed by atoms with E-state index in [1.54, 1.807) is 6.92 Å². The summed E-state index contributed by atoms with van der Waals surface area (Å²) in [5.41, 5.74) is 3.23. The van der Waals surface area contributed by atoms with Gasteiger partial charge in [-0.15, -0.1) is 0 Å². The molecule has 1 N–H and O–H groups in total. The number of fused-ring (bicyclic) bond motifs is 1. The van der Waals surface area contributed by atoms with E-state index in [0.717, 1.165) is 68.2 Å². The molecule has 1 aromatic carbocycles. The van der Waals surface area contributed by atoms with Gasteiger partial charge in [-0.1, -0.05) is 13.8 Å². The number of nitrogens with zero attached hydrogens (tertiary/aromatic N) is 5. The standard InChI is InChI=1S/C28H42N6O3/c1-6-23(7-2)34-25(27(36-8-3)37-9-4)18-21-19-29-28(31-26(21)34)30-22-10-12-24(13-11-22)33-16-14-32(15-17-33)20(5)35/h10-13,19,23,25,27H,6-9,14-18H2,1-5H3,(H,29,30,31). The molecule has 2 aliphatic rings. The zero-order chi connectivity index (χ0) is 26.4. The molecule has 1 unspecified atom stereocenters. The van der Waals surface area contributed by atoms with Crippen LogP contribution in [0.1, 0.15) is 53.0 Å². The summed E-state index contributed by atoms with van der Waals surface area (Å²) in [7, 11) is 0. The molecule has 0 saturated carbocycles. The van der Waals surface area contributed by atoms with Gasteiger partial charge in [0, 0.05) is 81.9 Å². The maximum atomic E-state index is 11.6. The van der Waals surface area contributed by atoms with Gasteiger partial charge < -0.3 is 29.5 Å². The van der Waals surface area contributed by atoms with E-state index in [0.29, 0.717) is 25.2 Å². The van der Waals surface area contributed by atoms with Crippen LogP contribution in [0.5, 0.6) is 0 Å². The Morgan fingerprint density at radius 3 is 2.24 bits per heavy atom. The second-order valence-electron chi connectivity index (χ2n) is 9.64. The minimum absolute atomic E-state index is 0.0760. The Kier molecular flexibility index (Phi) is 9.21. The molecule has 4 rings (SSSR count). The number of hydrogen-bond donors (Lipinski definition) is 1. The fraction of sp³-hybridized carbons (Fsp3) is 0.607. The Hall–Kier alpha value is -2.91. The number of piperazine rings is 1. The van der Waals surface area contributed by atoms with Crippen LogP contribution in [0.25, 0.3) is 0 Å². The lowest BCUT2D eigenvalue weighted by Gasteiger charge is -2.37. The van der Waals surface area contributed by atoms with Crippen LogP contribution >= 0.6 is 0 Å². The summed E-state index contributed by atoms with van der Waals surface area (Å²) >= 11 is 0. The number of amides is 1. The average molecular weight is 511 g/mol. The largest absolute Gasteiger partial charge is 0.368 e. The second-order valence-corrected chi connectivity index (χ2v) is 9.64. The van der Waals surface area contributed by atoms with Crippen molar-refractivity contribution in [1.29, 1.82) is 0 Å². The van der Waals surface area contributed by atoms with Gasteiger partial charge in [0.25, 0.3) is 0 Å². The summed E-state index contributed by atoms with van der Waals surface area (Å²) in [5, 5.41) is 3.39. The molecule has 1 saturated heterocycles. The number of benzene rings is 1. The maximum absolute atomic E-state index is 11.6. The van der Waals surface area contributed by atoms with Crippen LogP contribution in [0.2, 0.25) is 0 Å². The van der Waals surface area contributed by atoms with Crippen LogP contribution in [-0.2, 0) is 20.7 Å². The Bertz CT molecular complexity index is 1020. The molecule has 1 aromatic heterocycles. The molecular weight excluding hydrogens is 468 g/mol. The SMILES string of the molecule is CCOC(OCC)C1Cc2cnc(Nc3ccc(N4CCN(C(C)=O)CC4)cc3)nc2N1C(CC)CC. The van der Waals surface area contributed by atoms with Crippen molar-refractivity contribution in [2.45, 2.75) is 72.3 Å². The highest BCUT2D eigenvalue weighted by atomic mass is 16.7. The number of ether oxygens (including phenoxy) is 2. The molecule has 9 nitrogen and oxygen atoms in total. The Balaban J connectivity index is 1.49. The third kappa shape index (κ3) is 6.15. The first-order valence-corrected chi connectivity index (χ1v) is 13.7. The Morgan fingerprint density at radius 2 is 1.68 bits per heavy atom. The fourth-order valence-corrected chi connectivity index (χ4v) is 5.42. The van der Waals surface area contributed by atoms with Crippen molar-refractivity contribution in [2.75, 3.05) is 54.5 Å². The number of hydrogen-bond acceptors (Lipinski definition) is 8. The van der Waals surface area contributed by atoms with Crippen molar-refractivity contribution in [3.8, 4) is 0 Å². The molecule has 3 heterocycles. The van der Waals surface area contributed by atoms with Crippen LogP contribution in [0.15, 0.2) is 30.5 Å². The molecule has 1 atom stereocenters. The quantitative estimate of drug-likeness (QED) is 0.450. The van der Waals surface area contributed by atoms with Crippen molar-refractivity contribution in [2.24, 2.45) is 0 Å². The van der Waals surface area contributed by atoms with E-state index in [2.05, 4.69) is 58.2 Å². The number of carbonyl (C=O) groups excluding carboxylic acids is 1. The minimum Gasteiger partial charge on any atom is -0.368 e. The Labute approximate surface area is 221 Å². The summed E-state index contributed by atoms with van der Waals surface area (Å²) in [4.78, 5) is 27.8. The van der Waals surface area contributed by atoms with Gasteiger partial charge >= 0.3 is 0 Å². The van der Waals surface area contributed by atoms with Gasteiger partial charge in [0.15, 0.2) is 6.29 Å². The molecular formula is C28H42N6O3. The van der Waals surface area contributed by atoms with E-state index in [4.69, 9.17) is 14.5 Å². The van der Waals surface area contributed by atoms with Gasteiger partial charge in [0.2, 0.25) is 11.9 Å². The van der Waals surface area contributed by atoms with Crippen LogP contribution in [0.4, 0.5) is 23.1 Å². The number of aromatic nitrogens is 2. The lowest BCUT2D eigenvalue weighted by Crippen LogP contribution is -2.49. The van der Waals surface area contributed by atoms with Gasteiger partial charge in [0.1, 0.15) is 5.82 Å². The van der Waals surface area contributed by atoms with Crippen LogP contribution in [0.3, 0.4) is 0 Å². The van der Waals surface area contributed by atoms with E-state index < -0.39 is 0 Å². The first-order valence-electron chi connectivity index (χ1n) is 13.7. The molecule has 1 amide bonds. The molecule has 37 heavy (non-hydrogen) atoms. The number of nitrogens with one attached hydrogen (secondary N) is 1. The van der Waals surface area contributed by atoms with Crippen LogP contribution < -0.4 is 15.1 Å². The minimum atomic E-state index is -0.300. The zero-order valence-corrected chi connectivity index (χ0v) is 22.9. The van der Waals surface area contributed by atoms with Crippen molar-refractivity contribution in [1.82, 2.24) is 14.9 Å². The molecule has 0 radical (unpaired) electrons. The van der Waals surface area contributed by atoms with Gasteiger partial charge in [0.05, 0.1) is 6.04 Å². The number of carbonyl (C=O) groups is 1. The summed E-state index contributed by atoms with van der Waals surface area (Å²) in [6.45, 7) is 14.5. The van der Waals surface area contributed by atoms with Crippen LogP contribution in [-0.4, -0.2) is 78.5 Å². The summed E-state index contributed by atoms with van der Waals surface area (Å²) in [6.07, 6.45) is 4.49. The maximum Gasteiger partial charge on any atom is 0.229 e. The molecule has 0 aliphatic carbocycles. The van der Waals surface area contributed by atoms with Gasteiger partial charge in [-0.25, -0.2) is 4.98 Å². The van der Waals surface area contributed by atoms with Gasteiger partial charge in [-0.05, 0) is 51.0 Å². The molecule has 2 aliphatic heterocycles. The first kappa shape index (κ1) is 27.1. The lowest BCUT2D eigenvalue weighted by atomic mass is 10.1. The predicted octanol–water partition coefficient (Wildman–Crippen LogP) is 4.21. The van der Waals surface area contributed by atoms with Crippen molar-refractivity contribution in [3.05, 3.63) is 36.0 Å². The van der Waals surface area contributed by atoms with E-state index in [9.17, 15) is 4.79 Å². The second kappa shape index (κ2) is 12.6. The predicted molar refractivity (Wildman–Crippen MR) is 148 cm³/mol. The lowest BCUT2D eigenvalue weighted by molar-refractivity contribution is -0.148. The highest BCUT2D eigenvalue weighted by molar-refractivity contribution is 5.73. The van der Waals surface area contributed by atoms with Gasteiger partial charge in [-0.3, -0.25) is 4.79 Å². The highest BCUT2D eigenvalue weighted by Gasteiger charge is 2.40. The zero-order valence-electron chi connectivity index (χ0n) is 22.9. The van der Waals surface area contributed by atoms with Crippen molar-refractivity contribution >= 4 is 29.0 Å². The Morgan fingerprint density at radius 1 is 1.03 bits per heavy atom. The molecule has 2 aromatic rings. The summed E-state index contributed by atoms with van der Waals surface area (Å²) in [5.74, 6) is 1.71. The monoisotopic (exact) mass is 510 g/mol. The van der Waals surface area contributed by atoms with Crippen LogP contribution in [0, 0.1) is 0 Å². The van der Waals surface area contributed by atoms with Crippen molar-refractivity contribution in [3.63, 3.8) is 0 Å². The van der Waals surface area contributed by atoms with E-state index in [1.807, 2.05) is 24.9 Å². The molecule has 9 heteroatoms. The highest BCUT2D eigenvalue weighted by Crippen LogP contribution is 2.37. The number of rotatable bonds is 11. The fourth-order valence-electron chi connectivity index (χ4n) is 5.42. The van der Waals surface area contributed by atoms with Crippen molar-refractivity contribution < 1.29 is 14.3 Å². The normalized spacial score (nSPS) is 17.6. The molecule has 0 bridgehead atoms.